The van der Waals surface area contributed by atoms with Gasteiger partial charge in [-0.2, -0.15) is 5.10 Å². The highest BCUT2D eigenvalue weighted by atomic mass is 35.5. The zero-order valence-corrected chi connectivity index (χ0v) is 15.1. The SMILES string of the molecule is CC1c2nn(-c3ccc(F)cc3)c3c2N(C(=O)[C@@H]1NC(=O)Cl)C(C)CC3. The lowest BCUT2D eigenvalue weighted by Crippen LogP contribution is -2.57. The summed E-state index contributed by atoms with van der Waals surface area (Å²) in [7, 11) is 0. The van der Waals surface area contributed by atoms with Gasteiger partial charge in [-0.3, -0.25) is 9.59 Å². The van der Waals surface area contributed by atoms with Crippen LogP contribution in [0.4, 0.5) is 14.9 Å². The second-order valence-corrected chi connectivity index (χ2v) is 7.19. The van der Waals surface area contributed by atoms with E-state index in [1.807, 2.05) is 13.8 Å². The van der Waals surface area contributed by atoms with Crippen molar-refractivity contribution in [1.82, 2.24) is 15.1 Å². The Hall–Kier alpha value is -2.41. The molecule has 0 bridgehead atoms. The Kier molecular flexibility index (Phi) is 3.99. The van der Waals surface area contributed by atoms with Crippen LogP contribution in [0.2, 0.25) is 0 Å². The monoisotopic (exact) mass is 376 g/mol. The molecule has 3 heterocycles. The van der Waals surface area contributed by atoms with Crippen molar-refractivity contribution in [3.05, 3.63) is 41.5 Å². The molecule has 2 aliphatic rings. The first kappa shape index (κ1) is 17.0. The second-order valence-electron chi connectivity index (χ2n) is 6.85. The highest BCUT2D eigenvalue weighted by Crippen LogP contribution is 2.43. The molecule has 0 saturated heterocycles. The molecule has 136 valence electrons. The summed E-state index contributed by atoms with van der Waals surface area (Å²) in [6, 6.07) is 5.35. The van der Waals surface area contributed by atoms with Crippen molar-refractivity contribution < 1.29 is 14.0 Å². The lowest BCUT2D eigenvalue weighted by molar-refractivity contribution is -0.121. The average molecular weight is 377 g/mol. The fraction of sp³-hybridized carbons (Fsp3) is 0.389. The molecule has 0 aliphatic carbocycles. The van der Waals surface area contributed by atoms with Gasteiger partial charge in [0.1, 0.15) is 11.9 Å². The van der Waals surface area contributed by atoms with E-state index < -0.39 is 11.4 Å². The molecule has 2 amide bonds. The maximum Gasteiger partial charge on any atom is 0.314 e. The number of carbonyl (C=O) groups excluding carboxylic acids is 2. The Morgan fingerprint density at radius 2 is 2.00 bits per heavy atom. The summed E-state index contributed by atoms with van der Waals surface area (Å²) in [6.45, 7) is 3.83. The largest absolute Gasteiger partial charge is 0.330 e. The number of nitrogens with zero attached hydrogens (tertiary/aromatic N) is 3. The minimum Gasteiger partial charge on any atom is -0.330 e. The summed E-state index contributed by atoms with van der Waals surface area (Å²) in [5.74, 6) is -0.809. The zero-order chi connectivity index (χ0) is 18.6. The number of hydrogen-bond donors (Lipinski definition) is 1. The van der Waals surface area contributed by atoms with E-state index in [-0.39, 0.29) is 23.7 Å². The molecule has 4 rings (SSSR count). The number of carbonyl (C=O) groups is 2. The minimum absolute atomic E-state index is 0.00171. The summed E-state index contributed by atoms with van der Waals surface area (Å²) < 4.78 is 15.1. The Morgan fingerprint density at radius 3 is 2.65 bits per heavy atom. The van der Waals surface area contributed by atoms with Gasteiger partial charge in [-0.25, -0.2) is 9.07 Å². The Bertz CT molecular complexity index is 895. The first-order valence-electron chi connectivity index (χ1n) is 8.55. The predicted molar refractivity (Wildman–Crippen MR) is 95.4 cm³/mol. The number of rotatable bonds is 2. The number of aromatic nitrogens is 2. The minimum atomic E-state index is -0.762. The molecular formula is C18H18ClFN4O2. The number of halogens is 2. The molecule has 1 aromatic carbocycles. The van der Waals surface area contributed by atoms with Crippen LogP contribution in [0.15, 0.2) is 24.3 Å². The Balaban J connectivity index is 1.88. The van der Waals surface area contributed by atoms with Gasteiger partial charge in [0.15, 0.2) is 0 Å². The van der Waals surface area contributed by atoms with Gasteiger partial charge in [-0.05, 0) is 55.6 Å². The highest BCUT2D eigenvalue weighted by Gasteiger charge is 2.46. The van der Waals surface area contributed by atoms with Crippen molar-refractivity contribution in [2.45, 2.75) is 44.7 Å². The van der Waals surface area contributed by atoms with E-state index in [1.165, 1.54) is 12.1 Å². The summed E-state index contributed by atoms with van der Waals surface area (Å²) >= 11 is 5.48. The van der Waals surface area contributed by atoms with Crippen LogP contribution in [0.3, 0.4) is 0 Å². The molecule has 3 atom stereocenters. The van der Waals surface area contributed by atoms with Gasteiger partial charge < -0.3 is 10.2 Å². The Labute approximate surface area is 154 Å². The summed E-state index contributed by atoms with van der Waals surface area (Å²) in [6.07, 6.45) is 1.55. The van der Waals surface area contributed by atoms with Gasteiger partial charge in [0.25, 0.3) is 5.91 Å². The van der Waals surface area contributed by atoms with E-state index >= 15 is 0 Å². The van der Waals surface area contributed by atoms with Crippen molar-refractivity contribution in [3.63, 3.8) is 0 Å². The van der Waals surface area contributed by atoms with E-state index in [0.717, 1.165) is 35.6 Å². The van der Waals surface area contributed by atoms with E-state index in [9.17, 15) is 14.0 Å². The summed E-state index contributed by atoms with van der Waals surface area (Å²) in [5, 5.41) is 6.51. The third-order valence-corrected chi connectivity index (χ3v) is 5.34. The normalized spacial score (nSPS) is 24.4. The van der Waals surface area contributed by atoms with Gasteiger partial charge in [0, 0.05) is 12.0 Å². The fourth-order valence-corrected chi connectivity index (χ4v) is 4.02. The van der Waals surface area contributed by atoms with Crippen molar-refractivity contribution in [2.24, 2.45) is 0 Å². The highest BCUT2D eigenvalue weighted by molar-refractivity contribution is 6.63. The van der Waals surface area contributed by atoms with E-state index in [4.69, 9.17) is 16.7 Å². The standard InChI is InChI=1S/C18H18ClFN4O2/c1-9-3-8-13-16-14(22-24(13)12-6-4-11(20)5-7-12)10(2)15(21-18(19)26)17(25)23(9)16/h4-7,9-10,15H,3,8H2,1-2H3,(H,21,26)/t9?,10?,15-/m1/s1. The molecule has 2 aromatic rings. The molecule has 1 aromatic heterocycles. The van der Waals surface area contributed by atoms with Crippen LogP contribution in [0.25, 0.3) is 5.69 Å². The maximum absolute atomic E-state index is 13.3. The van der Waals surface area contributed by atoms with E-state index in [1.54, 1.807) is 21.7 Å². The van der Waals surface area contributed by atoms with E-state index in [2.05, 4.69) is 5.32 Å². The first-order chi connectivity index (χ1) is 12.4. The van der Waals surface area contributed by atoms with Gasteiger partial charge in [-0.15, -0.1) is 0 Å². The van der Waals surface area contributed by atoms with Gasteiger partial charge in [0.05, 0.1) is 22.8 Å². The van der Waals surface area contributed by atoms with Crippen LogP contribution in [0.5, 0.6) is 0 Å². The smallest absolute Gasteiger partial charge is 0.314 e. The van der Waals surface area contributed by atoms with Crippen LogP contribution in [0.1, 0.15) is 37.6 Å². The van der Waals surface area contributed by atoms with Gasteiger partial charge in [0.2, 0.25) is 0 Å². The third-order valence-electron chi connectivity index (χ3n) is 5.23. The van der Waals surface area contributed by atoms with E-state index in [0.29, 0.717) is 0 Å². The van der Waals surface area contributed by atoms with Crippen LogP contribution in [-0.4, -0.2) is 33.1 Å². The molecule has 26 heavy (non-hydrogen) atoms. The van der Waals surface area contributed by atoms with Gasteiger partial charge >= 0.3 is 5.37 Å². The Morgan fingerprint density at radius 1 is 1.31 bits per heavy atom. The zero-order valence-electron chi connectivity index (χ0n) is 14.4. The van der Waals surface area contributed by atoms with Crippen LogP contribution < -0.4 is 10.2 Å². The molecule has 2 aliphatic heterocycles. The first-order valence-corrected chi connectivity index (χ1v) is 8.93. The van der Waals surface area contributed by atoms with Crippen LogP contribution in [-0.2, 0) is 11.2 Å². The van der Waals surface area contributed by atoms with Crippen LogP contribution in [0, 0.1) is 5.82 Å². The maximum atomic E-state index is 13.3. The number of benzene rings is 1. The number of hydrogen-bond acceptors (Lipinski definition) is 3. The summed E-state index contributed by atoms with van der Waals surface area (Å²) in [4.78, 5) is 26.1. The molecule has 0 radical (unpaired) electrons. The lowest BCUT2D eigenvalue weighted by atomic mass is 9.87. The molecule has 0 saturated carbocycles. The fourth-order valence-electron chi connectivity index (χ4n) is 3.91. The summed E-state index contributed by atoms with van der Waals surface area (Å²) in [5.41, 5.74) is 3.22. The number of anilines is 1. The van der Waals surface area contributed by atoms with Crippen LogP contribution >= 0.6 is 11.6 Å². The molecule has 1 N–H and O–H groups in total. The number of amides is 2. The van der Waals surface area contributed by atoms with Crippen molar-refractivity contribution in [2.75, 3.05) is 4.90 Å². The van der Waals surface area contributed by atoms with Crippen molar-refractivity contribution in [1.29, 1.82) is 0 Å². The van der Waals surface area contributed by atoms with Crippen molar-refractivity contribution in [3.8, 4) is 5.69 Å². The molecule has 8 heteroatoms. The molecule has 0 fully saturated rings. The number of nitrogens with one attached hydrogen (secondary N) is 1. The average Bonchev–Trinajstić information content (AvgIpc) is 2.98. The van der Waals surface area contributed by atoms with Gasteiger partial charge in [-0.1, -0.05) is 6.92 Å². The predicted octanol–water partition coefficient (Wildman–Crippen LogP) is 3.11. The van der Waals surface area contributed by atoms with Crippen molar-refractivity contribution >= 4 is 28.6 Å². The lowest BCUT2D eigenvalue weighted by Gasteiger charge is -2.41. The quantitative estimate of drug-likeness (QED) is 0.647. The molecular weight excluding hydrogens is 359 g/mol. The third kappa shape index (κ3) is 2.49. The molecule has 6 nitrogen and oxygen atoms in total. The topological polar surface area (TPSA) is 67.2 Å². The molecule has 0 spiro atoms. The second kappa shape index (κ2) is 6.09. The molecule has 2 unspecified atom stereocenters.